The highest BCUT2D eigenvalue weighted by Gasteiger charge is 2.32. The first-order valence-corrected chi connectivity index (χ1v) is 4.27. The van der Waals surface area contributed by atoms with Gasteiger partial charge in [0.25, 0.3) is 17.7 Å². The number of rotatable bonds is 2. The molecule has 6 heteroatoms. The maximum atomic E-state index is 10.9. The van der Waals surface area contributed by atoms with Crippen LogP contribution in [0.2, 0.25) is 0 Å². The van der Waals surface area contributed by atoms with Crippen molar-refractivity contribution < 1.29 is 14.4 Å². The van der Waals surface area contributed by atoms with Gasteiger partial charge in [-0.1, -0.05) is 0 Å². The molecule has 0 aromatic heterocycles. The molecule has 0 spiro atoms. The van der Waals surface area contributed by atoms with E-state index in [0.717, 1.165) is 17.1 Å². The quantitative estimate of drug-likeness (QED) is 0.310. The summed E-state index contributed by atoms with van der Waals surface area (Å²) in [5.74, 6) is -1.71. The molecule has 0 aromatic rings. The number of amides is 3. The van der Waals surface area contributed by atoms with Gasteiger partial charge in [-0.3, -0.25) is 19.3 Å². The summed E-state index contributed by atoms with van der Waals surface area (Å²) >= 11 is 1.63. The van der Waals surface area contributed by atoms with Crippen molar-refractivity contribution in [3.05, 3.63) is 12.2 Å². The molecule has 0 bridgehead atoms. The largest absolute Gasteiger partial charge is 0.367 e. The molecule has 2 N–H and O–H groups in total. The summed E-state index contributed by atoms with van der Waals surface area (Å²) in [6.07, 6.45) is 2.22. The van der Waals surface area contributed by atoms with Crippen molar-refractivity contribution in [3.63, 3.8) is 0 Å². The average molecular weight is 280 g/mol. The molecule has 1 rings (SSSR count). The molecule has 64 valence electrons. The van der Waals surface area contributed by atoms with Crippen molar-refractivity contribution >= 4 is 40.3 Å². The van der Waals surface area contributed by atoms with Gasteiger partial charge in [-0.05, 0) is 22.6 Å². The molecule has 1 atom stereocenters. The van der Waals surface area contributed by atoms with Crippen LogP contribution in [0.3, 0.4) is 0 Å². The third-order valence-corrected chi connectivity index (χ3v) is 2.48. The first-order chi connectivity index (χ1) is 5.54. The van der Waals surface area contributed by atoms with E-state index < -0.39 is 21.8 Å². The van der Waals surface area contributed by atoms with Gasteiger partial charge in [0.15, 0.2) is 4.05 Å². The van der Waals surface area contributed by atoms with Crippen molar-refractivity contribution in [3.8, 4) is 0 Å². The van der Waals surface area contributed by atoms with Crippen molar-refractivity contribution in [2.45, 2.75) is 4.05 Å². The van der Waals surface area contributed by atoms with Crippen LogP contribution in [0, 0.1) is 0 Å². The van der Waals surface area contributed by atoms with E-state index in [-0.39, 0.29) is 0 Å². The summed E-state index contributed by atoms with van der Waals surface area (Å²) in [5.41, 5.74) is 4.92. The Morgan fingerprint density at radius 3 is 2.17 bits per heavy atom. The Balaban J connectivity index is 2.83. The van der Waals surface area contributed by atoms with Gasteiger partial charge < -0.3 is 5.73 Å². The zero-order chi connectivity index (χ0) is 9.30. The van der Waals surface area contributed by atoms with Crippen LogP contribution in [-0.2, 0) is 14.4 Å². The van der Waals surface area contributed by atoms with Crippen molar-refractivity contribution in [2.75, 3.05) is 0 Å². The van der Waals surface area contributed by atoms with Crippen molar-refractivity contribution in [1.82, 2.24) is 4.90 Å². The minimum atomic E-state index is -0.905. The molecule has 0 fully saturated rings. The molecule has 0 saturated heterocycles. The monoisotopic (exact) mass is 280 g/mol. The maximum absolute atomic E-state index is 10.9. The van der Waals surface area contributed by atoms with E-state index in [4.69, 9.17) is 5.73 Å². The van der Waals surface area contributed by atoms with Crippen molar-refractivity contribution in [1.29, 1.82) is 0 Å². The third kappa shape index (κ3) is 1.47. The molecule has 1 unspecified atom stereocenters. The Bertz CT molecular complexity index is 269. The third-order valence-electron chi connectivity index (χ3n) is 1.30. The summed E-state index contributed by atoms with van der Waals surface area (Å²) in [6, 6.07) is 0. The number of primary amides is 1. The predicted octanol–water partition coefficient (Wildman–Crippen LogP) is -0.842. The fraction of sp³-hybridized carbons (Fsp3) is 0.167. The van der Waals surface area contributed by atoms with Gasteiger partial charge in [0.1, 0.15) is 0 Å². The van der Waals surface area contributed by atoms with E-state index in [1.54, 1.807) is 22.6 Å². The van der Waals surface area contributed by atoms with Crippen LogP contribution in [0.4, 0.5) is 0 Å². The molecule has 0 saturated carbocycles. The van der Waals surface area contributed by atoms with Gasteiger partial charge in [0, 0.05) is 12.2 Å². The number of hydrogen-bond acceptors (Lipinski definition) is 3. The van der Waals surface area contributed by atoms with Gasteiger partial charge in [0.2, 0.25) is 0 Å². The Kier molecular flexibility index (Phi) is 2.46. The number of nitrogens with two attached hydrogens (primary N) is 1. The lowest BCUT2D eigenvalue weighted by Gasteiger charge is -2.16. The SMILES string of the molecule is NC(=O)C(I)N1C(=O)C=CC1=O. The second-order valence-electron chi connectivity index (χ2n) is 2.12. The topological polar surface area (TPSA) is 80.5 Å². The molecule has 1 heterocycles. The Hall–Kier alpha value is -0.920. The maximum Gasteiger partial charge on any atom is 0.254 e. The highest BCUT2D eigenvalue weighted by Crippen LogP contribution is 2.13. The van der Waals surface area contributed by atoms with E-state index in [1.165, 1.54) is 0 Å². The number of nitrogens with zero attached hydrogens (tertiary/aromatic N) is 1. The normalized spacial score (nSPS) is 18.6. The number of alkyl halides is 1. The van der Waals surface area contributed by atoms with E-state index in [0.29, 0.717) is 0 Å². The Labute approximate surface area is 81.7 Å². The van der Waals surface area contributed by atoms with Gasteiger partial charge in [-0.25, -0.2) is 0 Å². The minimum absolute atomic E-state index is 0.502. The standard InChI is InChI=1S/C6H5IN2O3/c7-5(6(8)12)9-3(10)1-2-4(9)11/h1-2,5H,(H2,8,12). The molecule has 0 radical (unpaired) electrons. The van der Waals surface area contributed by atoms with Gasteiger partial charge in [0.05, 0.1) is 0 Å². The lowest BCUT2D eigenvalue weighted by Crippen LogP contribution is -2.43. The fourth-order valence-electron chi connectivity index (χ4n) is 0.762. The first kappa shape index (κ1) is 9.17. The molecule has 12 heavy (non-hydrogen) atoms. The van der Waals surface area contributed by atoms with Crippen LogP contribution < -0.4 is 5.73 Å². The summed E-state index contributed by atoms with van der Waals surface area (Å²) in [6.45, 7) is 0. The highest BCUT2D eigenvalue weighted by atomic mass is 127. The Morgan fingerprint density at radius 2 is 1.83 bits per heavy atom. The molecule has 1 aliphatic heterocycles. The molecule has 1 aliphatic rings. The number of carbonyl (C=O) groups is 3. The fourth-order valence-corrected chi connectivity index (χ4v) is 1.31. The van der Waals surface area contributed by atoms with Crippen LogP contribution in [0.5, 0.6) is 0 Å². The zero-order valence-corrected chi connectivity index (χ0v) is 8.02. The van der Waals surface area contributed by atoms with E-state index in [1.807, 2.05) is 0 Å². The second kappa shape index (κ2) is 3.21. The van der Waals surface area contributed by atoms with Crippen LogP contribution in [0.15, 0.2) is 12.2 Å². The van der Waals surface area contributed by atoms with Crippen LogP contribution in [-0.4, -0.2) is 26.7 Å². The van der Waals surface area contributed by atoms with E-state index >= 15 is 0 Å². The summed E-state index contributed by atoms with van der Waals surface area (Å²) in [5, 5.41) is 0. The number of halogens is 1. The van der Waals surface area contributed by atoms with Gasteiger partial charge >= 0.3 is 0 Å². The van der Waals surface area contributed by atoms with E-state index in [2.05, 4.69) is 0 Å². The second-order valence-corrected chi connectivity index (χ2v) is 3.30. The average Bonchev–Trinajstić information content (AvgIpc) is 2.30. The Morgan fingerprint density at radius 1 is 1.42 bits per heavy atom. The lowest BCUT2D eigenvalue weighted by atomic mass is 10.5. The van der Waals surface area contributed by atoms with Crippen LogP contribution in [0.25, 0.3) is 0 Å². The first-order valence-electron chi connectivity index (χ1n) is 3.02. The molecule has 0 aliphatic carbocycles. The summed E-state index contributed by atoms with van der Waals surface area (Å²) in [7, 11) is 0. The smallest absolute Gasteiger partial charge is 0.254 e. The number of carbonyl (C=O) groups excluding carboxylic acids is 3. The number of hydrogen-bond donors (Lipinski definition) is 1. The van der Waals surface area contributed by atoms with Gasteiger partial charge in [-0.15, -0.1) is 0 Å². The molecule has 5 nitrogen and oxygen atoms in total. The molecule has 0 aromatic carbocycles. The summed E-state index contributed by atoms with van der Waals surface area (Å²) < 4.78 is -0.905. The van der Waals surface area contributed by atoms with Crippen LogP contribution in [0.1, 0.15) is 0 Å². The minimum Gasteiger partial charge on any atom is -0.367 e. The summed E-state index contributed by atoms with van der Waals surface area (Å²) in [4.78, 5) is 33.3. The van der Waals surface area contributed by atoms with E-state index in [9.17, 15) is 14.4 Å². The zero-order valence-electron chi connectivity index (χ0n) is 5.86. The van der Waals surface area contributed by atoms with Crippen LogP contribution >= 0.6 is 22.6 Å². The lowest BCUT2D eigenvalue weighted by molar-refractivity contribution is -0.141. The molecular formula is C6H5IN2O3. The van der Waals surface area contributed by atoms with Gasteiger partial charge in [-0.2, -0.15) is 0 Å². The molecular weight excluding hydrogens is 275 g/mol. The predicted molar refractivity (Wildman–Crippen MR) is 48.0 cm³/mol. The number of imide groups is 1. The van der Waals surface area contributed by atoms with Crippen molar-refractivity contribution in [2.24, 2.45) is 5.73 Å². The molecule has 3 amide bonds. The highest BCUT2D eigenvalue weighted by molar-refractivity contribution is 14.1.